The van der Waals surface area contributed by atoms with Crippen LogP contribution in [0.4, 0.5) is 0 Å². The topological polar surface area (TPSA) is 269 Å². The van der Waals surface area contributed by atoms with Gasteiger partial charge in [0, 0.05) is 0 Å². The minimum absolute atomic E-state index is 0. The van der Waals surface area contributed by atoms with Gasteiger partial charge in [-0.25, -0.2) is 0 Å². The van der Waals surface area contributed by atoms with E-state index in [1.165, 1.54) is 0 Å². The van der Waals surface area contributed by atoms with Crippen molar-refractivity contribution in [1.29, 1.82) is 0 Å². The van der Waals surface area contributed by atoms with Gasteiger partial charge >= 0.3 is 27.5 Å². The second kappa shape index (κ2) is 2330. The summed E-state index contributed by atoms with van der Waals surface area (Å²) in [5.74, 6) is 0. The third kappa shape index (κ3) is 1870. The molecule has 82 valence electrons. The van der Waals surface area contributed by atoms with E-state index in [4.69, 9.17) is 2.81 Å². The molecule has 0 saturated heterocycles. The molecule has 0 spiro atoms. The number of rotatable bonds is 0. The fourth-order valence-corrected chi connectivity index (χ4v) is 0. The van der Waals surface area contributed by atoms with Gasteiger partial charge in [-0.15, -0.1) is 12.4 Å². The van der Waals surface area contributed by atoms with E-state index in [9.17, 15) is 0 Å². The Labute approximate surface area is 84.0 Å². The summed E-state index contributed by atoms with van der Waals surface area (Å²) in [4.78, 5) is 0. The summed E-state index contributed by atoms with van der Waals surface area (Å²) in [6.07, 6.45) is 0. The van der Waals surface area contributed by atoms with Gasteiger partial charge in [-0.3, -0.25) is 0 Å². The Morgan fingerprint density at radius 2 is 0.455 bits per heavy atom. The number of halogens is 1. The second-order valence-electron chi connectivity index (χ2n) is 0. The van der Waals surface area contributed by atoms with E-state index < -0.39 is 0 Å². The summed E-state index contributed by atoms with van der Waals surface area (Å²) in [5, 5.41) is 0. The van der Waals surface area contributed by atoms with Crippen molar-refractivity contribution in [2.75, 3.05) is 0 Å². The van der Waals surface area contributed by atoms with E-state index in [1.54, 1.807) is 0 Å². The standard InChI is InChI=1S/ClH.8H2O.O.Zr/h1H;8*1H2;;. The molecule has 0 aliphatic heterocycles. The zero-order valence-corrected chi connectivity index (χ0v) is 8.59. The normalized spacial score (nSPS) is 0.273. The molecule has 0 unspecified atom stereocenters. The zero-order valence-electron chi connectivity index (χ0n) is 5.32. The Hall–Kier alpha value is 0.653. The van der Waals surface area contributed by atoms with Gasteiger partial charge < -0.3 is 43.8 Å². The van der Waals surface area contributed by atoms with Crippen LogP contribution in [0.25, 0.3) is 0 Å². The fourth-order valence-electron chi connectivity index (χ4n) is 0. The Balaban J connectivity index is -0.000000000139. The van der Waals surface area contributed by atoms with Crippen LogP contribution in [0.15, 0.2) is 0 Å². The van der Waals surface area contributed by atoms with Crippen molar-refractivity contribution in [3.63, 3.8) is 0 Å². The molecule has 0 heterocycles. The maximum absolute atomic E-state index is 8.34. The first-order chi connectivity index (χ1) is 1.00. The van der Waals surface area contributed by atoms with Crippen LogP contribution in [0, 0.1) is 0 Å². The van der Waals surface area contributed by atoms with E-state index in [0.717, 1.165) is 0 Å². The monoisotopic (exact) mass is 286 g/mol. The van der Waals surface area contributed by atoms with Crippen LogP contribution >= 0.6 is 12.4 Å². The van der Waals surface area contributed by atoms with Gasteiger partial charge in [-0.05, 0) is 0 Å². The molecule has 0 aromatic heterocycles. The van der Waals surface area contributed by atoms with Crippen molar-refractivity contribution >= 4 is 12.4 Å². The second-order valence-corrected chi connectivity index (χ2v) is 0. The quantitative estimate of drug-likeness (QED) is 0.413. The van der Waals surface area contributed by atoms with E-state index in [2.05, 4.69) is 0 Å². The van der Waals surface area contributed by atoms with Crippen molar-refractivity contribution in [3.8, 4) is 0 Å². The summed E-state index contributed by atoms with van der Waals surface area (Å²) < 4.78 is 8.34. The van der Waals surface area contributed by atoms with E-state index in [-0.39, 0.29) is 56.2 Å². The molecule has 11 heavy (non-hydrogen) atoms. The first-order valence-corrected chi connectivity index (χ1v) is 1.21. The average Bonchev–Trinajstić information content (AvgIpc) is 1.00. The van der Waals surface area contributed by atoms with Gasteiger partial charge in [0.15, 0.2) is 0 Å². The summed E-state index contributed by atoms with van der Waals surface area (Å²) in [7, 11) is 0. The SMILES string of the molecule is Cl.O.O.O.O.O.O.O.O.[O]=[Zr]. The molecule has 0 rings (SSSR count). The van der Waals surface area contributed by atoms with Crippen LogP contribution in [0.5, 0.6) is 0 Å². The third-order valence-electron chi connectivity index (χ3n) is 0. The predicted octanol–water partition coefficient (Wildman–Crippen LogP) is -6.30. The summed E-state index contributed by atoms with van der Waals surface area (Å²) in [6, 6.07) is 0. The molecule has 0 atom stereocenters. The third-order valence-corrected chi connectivity index (χ3v) is 0. The van der Waals surface area contributed by atoms with Gasteiger partial charge in [-0.1, -0.05) is 0 Å². The van der Waals surface area contributed by atoms with Crippen LogP contribution < -0.4 is 0 Å². The van der Waals surface area contributed by atoms with Crippen molar-refractivity contribution < 1.29 is 71.3 Å². The Kier molecular flexibility index (Phi) is 102000. The van der Waals surface area contributed by atoms with Crippen molar-refractivity contribution in [3.05, 3.63) is 0 Å². The van der Waals surface area contributed by atoms with Crippen LogP contribution in [-0.2, 0) is 27.5 Å². The Bertz CT molecular complexity index is 9.52. The molecule has 0 amide bonds. The maximum atomic E-state index is 8.34. The number of hydrogen-bond donors (Lipinski definition) is 0. The number of hydrogen-bond acceptors (Lipinski definition) is 1. The van der Waals surface area contributed by atoms with E-state index in [1.807, 2.05) is 0 Å². The molecule has 0 saturated carbocycles. The van der Waals surface area contributed by atoms with Crippen molar-refractivity contribution in [2.45, 2.75) is 0 Å². The molecule has 0 fully saturated rings. The first kappa shape index (κ1) is 484. The molecule has 9 nitrogen and oxygen atoms in total. The molecule has 16 N–H and O–H groups in total. The molecule has 0 aromatic rings. The van der Waals surface area contributed by atoms with Gasteiger partial charge in [0.25, 0.3) is 0 Å². The van der Waals surface area contributed by atoms with Crippen molar-refractivity contribution in [2.24, 2.45) is 0 Å². The van der Waals surface area contributed by atoms with Crippen molar-refractivity contribution in [1.82, 2.24) is 0 Å². The summed E-state index contributed by atoms with van der Waals surface area (Å²) in [6.45, 7) is 0. The Morgan fingerprint density at radius 3 is 0.455 bits per heavy atom. The van der Waals surface area contributed by atoms with E-state index in [0.29, 0.717) is 24.7 Å². The molecule has 0 bridgehead atoms. The van der Waals surface area contributed by atoms with Crippen LogP contribution in [-0.4, -0.2) is 43.8 Å². The first-order valence-electron chi connectivity index (χ1n) is 0.204. The Morgan fingerprint density at radius 1 is 0.455 bits per heavy atom. The molecule has 11 heteroatoms. The molecule has 0 aromatic carbocycles. The molecule has 0 aliphatic rings. The van der Waals surface area contributed by atoms with Gasteiger partial charge in [0.05, 0.1) is 0 Å². The van der Waals surface area contributed by atoms with Gasteiger partial charge in [0.2, 0.25) is 0 Å². The molecular formula is H17ClO9Zr. The molecule has 0 radical (unpaired) electrons. The van der Waals surface area contributed by atoms with Crippen LogP contribution in [0.3, 0.4) is 0 Å². The zero-order chi connectivity index (χ0) is 2.00. The summed E-state index contributed by atoms with van der Waals surface area (Å²) in [5.41, 5.74) is 0. The van der Waals surface area contributed by atoms with Crippen LogP contribution in [0.2, 0.25) is 0 Å². The minimum atomic E-state index is 0. The van der Waals surface area contributed by atoms with Crippen LogP contribution in [0.1, 0.15) is 0 Å². The predicted molar refractivity (Wildman–Crippen MR) is 36.8 cm³/mol. The van der Waals surface area contributed by atoms with E-state index >= 15 is 0 Å². The average molecular weight is 288 g/mol. The summed E-state index contributed by atoms with van der Waals surface area (Å²) >= 11 is 0.300. The molecule has 0 aliphatic carbocycles. The fraction of sp³-hybridized carbons (Fsp3) is 0. The van der Waals surface area contributed by atoms with Gasteiger partial charge in [0.1, 0.15) is 0 Å². The molecular weight excluding hydrogens is 271 g/mol. The van der Waals surface area contributed by atoms with Gasteiger partial charge in [-0.2, -0.15) is 0 Å².